The number of carbonyl (C=O) groups is 1. The lowest BCUT2D eigenvalue weighted by molar-refractivity contribution is -0.222. The Kier molecular flexibility index (Phi) is 4.98. The number of hydrogen-bond donors (Lipinski definition) is 1. The third kappa shape index (κ3) is 3.55. The van der Waals surface area contributed by atoms with Gasteiger partial charge in [-0.25, -0.2) is 13.6 Å². The maximum absolute atomic E-state index is 13.6. The third-order valence-electron chi connectivity index (χ3n) is 8.05. The molecule has 1 N–H and O–H groups in total. The molecule has 178 valence electrons. The van der Waals surface area contributed by atoms with Gasteiger partial charge in [-0.1, -0.05) is 0 Å². The Morgan fingerprint density at radius 2 is 1.91 bits per heavy atom. The van der Waals surface area contributed by atoms with Crippen LogP contribution in [0.25, 0.3) is 0 Å². The summed E-state index contributed by atoms with van der Waals surface area (Å²) in [5.74, 6) is -5.20. The van der Waals surface area contributed by atoms with Crippen LogP contribution in [0.5, 0.6) is 0 Å². The van der Waals surface area contributed by atoms with Crippen LogP contribution in [-0.4, -0.2) is 45.3 Å². The van der Waals surface area contributed by atoms with Crippen LogP contribution in [-0.2, 0) is 5.54 Å². The number of carbonyl (C=O) groups excluding carboxylic acids is 1. The Bertz CT molecular complexity index is 878. The van der Waals surface area contributed by atoms with Crippen LogP contribution in [0.15, 0.2) is 4.42 Å². The SMILES string of the molecule is Cc1nnc(C23CCCC(C2)N3C(=O)NC2CCC(C(F)(F)F)C(C3CC(F)(F)C3)C2)o1. The highest BCUT2D eigenvalue weighted by atomic mass is 19.4. The van der Waals surface area contributed by atoms with Gasteiger partial charge in [-0.15, -0.1) is 10.2 Å². The number of aromatic nitrogens is 2. The molecule has 0 aromatic carbocycles. The number of nitrogens with zero attached hydrogens (tertiary/aromatic N) is 3. The molecule has 5 unspecified atom stereocenters. The summed E-state index contributed by atoms with van der Waals surface area (Å²) in [4.78, 5) is 14.9. The Labute approximate surface area is 182 Å². The molecule has 0 spiro atoms. The molecule has 11 heteroatoms. The fraction of sp³-hybridized carbons (Fsp3) is 0.857. The van der Waals surface area contributed by atoms with Crippen LogP contribution < -0.4 is 5.32 Å². The summed E-state index contributed by atoms with van der Waals surface area (Å²) in [5.41, 5.74) is -0.660. The molecule has 1 aromatic rings. The first kappa shape index (κ1) is 21.9. The number of fused-ring (bicyclic) bond motifs is 2. The Morgan fingerprint density at radius 1 is 1.16 bits per heavy atom. The first-order chi connectivity index (χ1) is 15.0. The van der Waals surface area contributed by atoms with Crippen molar-refractivity contribution in [2.45, 2.75) is 94.4 Å². The summed E-state index contributed by atoms with van der Waals surface area (Å²) in [6, 6.07) is -0.781. The molecule has 4 fully saturated rings. The highest BCUT2D eigenvalue weighted by Gasteiger charge is 2.61. The predicted octanol–water partition coefficient (Wildman–Crippen LogP) is 4.93. The molecule has 1 aromatic heterocycles. The van der Waals surface area contributed by atoms with E-state index in [0.29, 0.717) is 18.2 Å². The number of hydrogen-bond acceptors (Lipinski definition) is 4. The zero-order valence-electron chi connectivity index (χ0n) is 17.8. The normalized spacial score (nSPS) is 36.9. The number of piperidine rings is 1. The molecule has 32 heavy (non-hydrogen) atoms. The molecule has 3 aliphatic carbocycles. The van der Waals surface area contributed by atoms with Crippen molar-refractivity contribution in [1.82, 2.24) is 20.4 Å². The van der Waals surface area contributed by atoms with Gasteiger partial charge in [0.05, 0.1) is 5.92 Å². The molecule has 1 saturated heterocycles. The van der Waals surface area contributed by atoms with E-state index in [1.807, 2.05) is 0 Å². The minimum Gasteiger partial charge on any atom is -0.423 e. The van der Waals surface area contributed by atoms with Gasteiger partial charge in [0.25, 0.3) is 0 Å². The summed E-state index contributed by atoms with van der Waals surface area (Å²) < 4.78 is 73.1. The van der Waals surface area contributed by atoms with Crippen LogP contribution in [0.3, 0.4) is 0 Å². The maximum atomic E-state index is 13.6. The molecule has 5 atom stereocenters. The van der Waals surface area contributed by atoms with Gasteiger partial charge in [-0.2, -0.15) is 13.2 Å². The highest BCUT2D eigenvalue weighted by molar-refractivity contribution is 5.77. The lowest BCUT2D eigenvalue weighted by atomic mass is 9.62. The van der Waals surface area contributed by atoms with Gasteiger partial charge in [0.15, 0.2) is 0 Å². The number of alkyl halides is 5. The largest absolute Gasteiger partial charge is 0.423 e. The Hall–Kier alpha value is -1.94. The van der Waals surface area contributed by atoms with Crippen LogP contribution in [0, 0.1) is 24.7 Å². The molecular weight excluding hydrogens is 435 g/mol. The van der Waals surface area contributed by atoms with Gasteiger partial charge in [0.1, 0.15) is 5.54 Å². The van der Waals surface area contributed by atoms with E-state index in [1.165, 1.54) is 0 Å². The van der Waals surface area contributed by atoms with Gasteiger partial charge in [-0.05, 0) is 50.4 Å². The van der Waals surface area contributed by atoms with E-state index in [9.17, 15) is 26.7 Å². The first-order valence-corrected chi connectivity index (χ1v) is 11.3. The number of aryl methyl sites for hydroxylation is 1. The van der Waals surface area contributed by atoms with Crippen LogP contribution in [0.2, 0.25) is 0 Å². The number of rotatable bonds is 3. The van der Waals surface area contributed by atoms with E-state index in [0.717, 1.165) is 19.3 Å². The molecule has 6 nitrogen and oxygen atoms in total. The molecule has 3 saturated carbocycles. The maximum Gasteiger partial charge on any atom is 0.392 e. The smallest absolute Gasteiger partial charge is 0.392 e. The second-order valence-corrected chi connectivity index (χ2v) is 10.1. The molecule has 2 amide bonds. The fourth-order valence-corrected chi connectivity index (χ4v) is 6.56. The molecule has 2 heterocycles. The monoisotopic (exact) mass is 462 g/mol. The second kappa shape index (κ2) is 7.28. The Morgan fingerprint density at radius 3 is 2.50 bits per heavy atom. The van der Waals surface area contributed by atoms with Crippen molar-refractivity contribution < 1.29 is 31.2 Å². The van der Waals surface area contributed by atoms with Crippen molar-refractivity contribution in [3.63, 3.8) is 0 Å². The standard InChI is InChI=1S/C21H27F5N4O2/c1-11-28-29-17(32-11)19-6-2-3-14(10-19)30(19)18(31)27-13-4-5-16(21(24,25)26)15(7-13)12-8-20(22,23)9-12/h12-16H,2-10H2,1H3,(H,27,31). The van der Waals surface area contributed by atoms with Crippen molar-refractivity contribution in [2.75, 3.05) is 0 Å². The summed E-state index contributed by atoms with van der Waals surface area (Å²) in [6.07, 6.45) is -2.13. The van der Waals surface area contributed by atoms with Gasteiger partial charge < -0.3 is 14.6 Å². The van der Waals surface area contributed by atoms with E-state index < -0.39 is 54.3 Å². The summed E-state index contributed by atoms with van der Waals surface area (Å²) in [6.45, 7) is 1.68. The molecule has 0 radical (unpaired) electrons. The zero-order valence-corrected chi connectivity index (χ0v) is 17.8. The number of nitrogens with one attached hydrogen (secondary N) is 1. The summed E-state index contributed by atoms with van der Waals surface area (Å²) in [7, 11) is 0. The van der Waals surface area contributed by atoms with E-state index in [4.69, 9.17) is 4.42 Å². The van der Waals surface area contributed by atoms with Crippen LogP contribution in [0.4, 0.5) is 26.7 Å². The van der Waals surface area contributed by atoms with E-state index in [2.05, 4.69) is 15.5 Å². The molecular formula is C21H27F5N4O2. The fourth-order valence-electron chi connectivity index (χ4n) is 6.56. The topological polar surface area (TPSA) is 71.3 Å². The minimum absolute atomic E-state index is 0.0311. The molecule has 5 rings (SSSR count). The van der Waals surface area contributed by atoms with Crippen molar-refractivity contribution in [3.8, 4) is 0 Å². The van der Waals surface area contributed by atoms with Crippen molar-refractivity contribution in [2.24, 2.45) is 17.8 Å². The van der Waals surface area contributed by atoms with Gasteiger partial charge in [0, 0.05) is 38.3 Å². The summed E-state index contributed by atoms with van der Waals surface area (Å²) >= 11 is 0. The van der Waals surface area contributed by atoms with Crippen LogP contribution >= 0.6 is 0 Å². The average molecular weight is 462 g/mol. The number of likely N-dealkylation sites (tertiary alicyclic amines) is 1. The van der Waals surface area contributed by atoms with E-state index in [1.54, 1.807) is 11.8 Å². The highest BCUT2D eigenvalue weighted by Crippen LogP contribution is 2.55. The predicted molar refractivity (Wildman–Crippen MR) is 102 cm³/mol. The van der Waals surface area contributed by atoms with Crippen molar-refractivity contribution in [1.29, 1.82) is 0 Å². The third-order valence-corrected chi connectivity index (χ3v) is 8.05. The van der Waals surface area contributed by atoms with E-state index >= 15 is 0 Å². The molecule has 2 bridgehead atoms. The molecule has 1 aliphatic heterocycles. The quantitative estimate of drug-likeness (QED) is 0.647. The molecule has 4 aliphatic rings. The van der Waals surface area contributed by atoms with E-state index in [-0.39, 0.29) is 31.3 Å². The average Bonchev–Trinajstić information content (AvgIpc) is 3.12. The summed E-state index contributed by atoms with van der Waals surface area (Å²) in [5, 5.41) is 10.9. The van der Waals surface area contributed by atoms with Crippen molar-refractivity contribution in [3.05, 3.63) is 11.8 Å². The lowest BCUT2D eigenvalue weighted by Crippen LogP contribution is -2.70. The minimum atomic E-state index is -4.42. The van der Waals surface area contributed by atoms with Crippen molar-refractivity contribution >= 4 is 6.03 Å². The Balaban J connectivity index is 1.29. The number of halogens is 5. The van der Waals surface area contributed by atoms with Gasteiger partial charge >= 0.3 is 12.2 Å². The van der Waals surface area contributed by atoms with Gasteiger partial charge in [-0.3, -0.25) is 0 Å². The number of urea groups is 1. The second-order valence-electron chi connectivity index (χ2n) is 10.1. The zero-order chi connectivity index (χ0) is 22.9. The first-order valence-electron chi connectivity index (χ1n) is 11.3. The van der Waals surface area contributed by atoms with Crippen LogP contribution in [0.1, 0.15) is 69.6 Å². The lowest BCUT2D eigenvalue weighted by Gasteiger charge is -2.60. The van der Waals surface area contributed by atoms with Gasteiger partial charge in [0.2, 0.25) is 17.7 Å². The number of amides is 2.